The van der Waals surface area contributed by atoms with Crippen LogP contribution in [0.3, 0.4) is 0 Å². The predicted molar refractivity (Wildman–Crippen MR) is 110 cm³/mol. The van der Waals surface area contributed by atoms with Crippen LogP contribution in [-0.2, 0) is 19.5 Å². The highest BCUT2D eigenvalue weighted by Gasteiger charge is 2.18. The topological polar surface area (TPSA) is 69.8 Å². The molecule has 7 heteroatoms. The molecule has 28 heavy (non-hydrogen) atoms. The van der Waals surface area contributed by atoms with Gasteiger partial charge in [-0.15, -0.1) is 16.4 Å². The van der Waals surface area contributed by atoms with Gasteiger partial charge in [-0.05, 0) is 49.9 Å². The van der Waals surface area contributed by atoms with Crippen molar-refractivity contribution >= 4 is 28.0 Å². The van der Waals surface area contributed by atoms with E-state index in [-0.39, 0.29) is 17.9 Å². The minimum absolute atomic E-state index is 0.119. The van der Waals surface area contributed by atoms with Gasteiger partial charge in [0.25, 0.3) is 5.56 Å². The number of rotatable bonds is 6. The van der Waals surface area contributed by atoms with Gasteiger partial charge in [0.2, 0.25) is 0 Å². The number of hydrogen-bond acceptors (Lipinski definition) is 5. The molecule has 0 saturated heterocycles. The number of fused-ring (bicyclic) bond motifs is 1. The Morgan fingerprint density at radius 3 is 2.75 bits per heavy atom. The van der Waals surface area contributed by atoms with E-state index in [9.17, 15) is 9.59 Å². The van der Waals surface area contributed by atoms with E-state index in [1.807, 2.05) is 26.0 Å². The fourth-order valence-corrected chi connectivity index (χ4v) is 4.15. The molecule has 6 nitrogen and oxygen atoms in total. The molecular formula is C21H20N4O2S. The molecule has 3 heterocycles. The van der Waals surface area contributed by atoms with Crippen LogP contribution in [0.1, 0.15) is 26.6 Å². The smallest absolute Gasteiger partial charge is 0.278 e. The van der Waals surface area contributed by atoms with E-state index in [4.69, 9.17) is 0 Å². The molecule has 0 radical (unpaired) electrons. The first-order valence-electron chi connectivity index (χ1n) is 9.09. The van der Waals surface area contributed by atoms with Crippen molar-refractivity contribution in [3.63, 3.8) is 0 Å². The molecular weight excluding hydrogens is 372 g/mol. The standard InChI is InChI=1S/C21H20N4O2S/c1-14-12-18(15(2)24(14)10-9-16-6-5-11-28-16)20(26)13-25-21(27)17-7-3-4-8-19(17)22-23-25/h3-8,11-12H,9-10,13H2,1-2H3. The Kier molecular flexibility index (Phi) is 4.92. The highest BCUT2D eigenvalue weighted by molar-refractivity contribution is 7.09. The number of ketones is 1. The van der Waals surface area contributed by atoms with Gasteiger partial charge in [-0.3, -0.25) is 9.59 Å². The van der Waals surface area contributed by atoms with E-state index >= 15 is 0 Å². The van der Waals surface area contributed by atoms with Gasteiger partial charge in [-0.2, -0.15) is 0 Å². The van der Waals surface area contributed by atoms with Gasteiger partial charge in [0.15, 0.2) is 5.78 Å². The predicted octanol–water partition coefficient (Wildman–Crippen LogP) is 3.40. The van der Waals surface area contributed by atoms with Crippen LogP contribution in [0.5, 0.6) is 0 Å². The molecule has 0 spiro atoms. The second-order valence-corrected chi connectivity index (χ2v) is 7.79. The second-order valence-electron chi connectivity index (χ2n) is 6.76. The first kappa shape index (κ1) is 18.3. The van der Waals surface area contributed by atoms with E-state index in [1.54, 1.807) is 35.6 Å². The summed E-state index contributed by atoms with van der Waals surface area (Å²) in [5.41, 5.74) is 2.81. The Morgan fingerprint density at radius 2 is 1.96 bits per heavy atom. The maximum absolute atomic E-state index is 12.9. The van der Waals surface area contributed by atoms with Crippen LogP contribution >= 0.6 is 11.3 Å². The van der Waals surface area contributed by atoms with Crippen molar-refractivity contribution in [3.8, 4) is 0 Å². The summed E-state index contributed by atoms with van der Waals surface area (Å²) in [4.78, 5) is 26.8. The minimum Gasteiger partial charge on any atom is -0.348 e. The molecule has 1 aromatic carbocycles. The van der Waals surface area contributed by atoms with Gasteiger partial charge in [-0.25, -0.2) is 4.68 Å². The van der Waals surface area contributed by atoms with Crippen molar-refractivity contribution in [2.45, 2.75) is 33.4 Å². The van der Waals surface area contributed by atoms with E-state index < -0.39 is 0 Å². The molecule has 0 aliphatic carbocycles. The van der Waals surface area contributed by atoms with Crippen LogP contribution in [0.4, 0.5) is 0 Å². The van der Waals surface area contributed by atoms with Gasteiger partial charge in [0.05, 0.1) is 5.39 Å². The van der Waals surface area contributed by atoms with E-state index in [2.05, 4.69) is 26.3 Å². The first-order valence-corrected chi connectivity index (χ1v) is 9.97. The maximum atomic E-state index is 12.9. The molecule has 0 aliphatic heterocycles. The van der Waals surface area contributed by atoms with E-state index in [0.717, 1.165) is 29.0 Å². The quantitative estimate of drug-likeness (QED) is 0.472. The largest absolute Gasteiger partial charge is 0.348 e. The zero-order chi connectivity index (χ0) is 19.7. The third-order valence-corrected chi connectivity index (χ3v) is 5.89. The molecule has 0 atom stereocenters. The molecule has 3 aromatic heterocycles. The number of benzene rings is 1. The summed E-state index contributed by atoms with van der Waals surface area (Å²) in [6, 6.07) is 13.1. The van der Waals surface area contributed by atoms with Crippen molar-refractivity contribution in [2.75, 3.05) is 0 Å². The molecule has 0 N–H and O–H groups in total. The lowest BCUT2D eigenvalue weighted by Gasteiger charge is -2.09. The first-order chi connectivity index (χ1) is 13.5. The number of aryl methyl sites for hydroxylation is 2. The maximum Gasteiger partial charge on any atom is 0.278 e. The highest BCUT2D eigenvalue weighted by atomic mass is 32.1. The lowest BCUT2D eigenvalue weighted by Crippen LogP contribution is -2.28. The number of thiophene rings is 1. The number of carbonyl (C=O) groups excluding carboxylic acids is 1. The molecule has 0 amide bonds. The summed E-state index contributed by atoms with van der Waals surface area (Å²) in [5.74, 6) is -0.137. The van der Waals surface area contributed by atoms with Crippen LogP contribution in [0, 0.1) is 13.8 Å². The molecule has 0 aliphatic rings. The lowest BCUT2D eigenvalue weighted by atomic mass is 10.1. The third kappa shape index (κ3) is 3.41. The lowest BCUT2D eigenvalue weighted by molar-refractivity contribution is 0.0964. The van der Waals surface area contributed by atoms with Gasteiger partial charge in [0.1, 0.15) is 12.1 Å². The molecule has 0 fully saturated rings. The summed E-state index contributed by atoms with van der Waals surface area (Å²) in [6.07, 6.45) is 0.928. The zero-order valence-electron chi connectivity index (χ0n) is 15.8. The molecule has 142 valence electrons. The fraction of sp³-hybridized carbons (Fsp3) is 0.238. The van der Waals surface area contributed by atoms with Gasteiger partial charge >= 0.3 is 0 Å². The minimum atomic E-state index is -0.301. The molecule has 0 unspecified atom stereocenters. The van der Waals surface area contributed by atoms with Gasteiger partial charge in [-0.1, -0.05) is 23.4 Å². The van der Waals surface area contributed by atoms with E-state index in [0.29, 0.717) is 16.5 Å². The summed E-state index contributed by atoms with van der Waals surface area (Å²) in [7, 11) is 0. The second kappa shape index (κ2) is 7.52. The Morgan fingerprint density at radius 1 is 1.14 bits per heavy atom. The van der Waals surface area contributed by atoms with Crippen molar-refractivity contribution in [2.24, 2.45) is 0 Å². The average Bonchev–Trinajstić information content (AvgIpc) is 3.31. The molecule has 0 bridgehead atoms. The number of aromatic nitrogens is 4. The van der Waals surface area contributed by atoms with Gasteiger partial charge in [0, 0.05) is 28.4 Å². The summed E-state index contributed by atoms with van der Waals surface area (Å²) in [5, 5.41) is 10.5. The summed E-state index contributed by atoms with van der Waals surface area (Å²) in [6.45, 7) is 4.65. The Bertz CT molecular complexity index is 1210. The fourth-order valence-electron chi connectivity index (χ4n) is 3.45. The summed E-state index contributed by atoms with van der Waals surface area (Å²) < 4.78 is 3.30. The number of nitrogens with zero attached hydrogens (tertiary/aromatic N) is 4. The number of hydrogen-bond donors (Lipinski definition) is 0. The number of Topliss-reactive ketones (excluding diaryl/α,β-unsaturated/α-hetero) is 1. The van der Waals surface area contributed by atoms with Crippen LogP contribution in [0.15, 0.2) is 52.6 Å². The molecule has 4 rings (SSSR count). The van der Waals surface area contributed by atoms with Crippen LogP contribution < -0.4 is 5.56 Å². The summed E-state index contributed by atoms with van der Waals surface area (Å²) >= 11 is 1.74. The van der Waals surface area contributed by atoms with Crippen molar-refractivity contribution in [3.05, 3.63) is 80.0 Å². The van der Waals surface area contributed by atoms with Gasteiger partial charge < -0.3 is 4.57 Å². The van der Waals surface area contributed by atoms with Crippen molar-refractivity contribution in [1.82, 2.24) is 19.6 Å². The van der Waals surface area contributed by atoms with Crippen molar-refractivity contribution in [1.29, 1.82) is 0 Å². The SMILES string of the molecule is Cc1cc(C(=O)Cn2nnc3ccccc3c2=O)c(C)n1CCc1cccs1. The monoisotopic (exact) mass is 392 g/mol. The zero-order valence-corrected chi connectivity index (χ0v) is 16.6. The number of carbonyl (C=O) groups is 1. The third-order valence-electron chi connectivity index (χ3n) is 4.96. The molecule has 0 saturated carbocycles. The van der Waals surface area contributed by atoms with E-state index in [1.165, 1.54) is 4.88 Å². The average molecular weight is 392 g/mol. The van der Waals surface area contributed by atoms with Crippen LogP contribution in [-0.4, -0.2) is 25.3 Å². The van der Waals surface area contributed by atoms with Crippen LogP contribution in [0.25, 0.3) is 10.9 Å². The Hall–Kier alpha value is -3.06. The normalized spacial score (nSPS) is 11.2. The Balaban J connectivity index is 1.58. The van der Waals surface area contributed by atoms with Crippen molar-refractivity contribution < 1.29 is 4.79 Å². The van der Waals surface area contributed by atoms with Crippen LogP contribution in [0.2, 0.25) is 0 Å². The highest BCUT2D eigenvalue weighted by Crippen LogP contribution is 2.18. The Labute approximate surface area is 166 Å². The molecule has 4 aromatic rings.